The second kappa shape index (κ2) is 6.43. The fourth-order valence-corrected chi connectivity index (χ4v) is 1.89. The molecule has 1 heterocycles. The Balaban J connectivity index is 2.24. The maximum absolute atomic E-state index is 11.9. The molecule has 0 bridgehead atoms. The van der Waals surface area contributed by atoms with E-state index in [2.05, 4.69) is 0 Å². The lowest BCUT2D eigenvalue weighted by molar-refractivity contribution is -0.148. The highest BCUT2D eigenvalue weighted by molar-refractivity contribution is 5.87. The lowest BCUT2D eigenvalue weighted by atomic mass is 10.2. The van der Waals surface area contributed by atoms with Crippen LogP contribution in [0.1, 0.15) is 26.3 Å². The summed E-state index contributed by atoms with van der Waals surface area (Å²) in [4.78, 5) is 23.6. The van der Waals surface area contributed by atoms with Crippen molar-refractivity contribution in [3.05, 3.63) is 70.7 Å². The van der Waals surface area contributed by atoms with E-state index in [4.69, 9.17) is 4.74 Å². The zero-order valence-electron chi connectivity index (χ0n) is 12.9. The number of nitrogens with zero attached hydrogens (tertiary/aromatic N) is 1. The number of aromatic nitrogens is 1. The SMILES string of the molecule is CC(C)(C)OC(=O)/C=C/c1ccc(=O)n(-c2ccccc2)c1. The number of rotatable bonds is 3. The van der Waals surface area contributed by atoms with Crippen LogP contribution in [0.15, 0.2) is 59.5 Å². The second-order valence-corrected chi connectivity index (χ2v) is 5.87. The van der Waals surface area contributed by atoms with Crippen LogP contribution in [0.3, 0.4) is 0 Å². The molecule has 22 heavy (non-hydrogen) atoms. The second-order valence-electron chi connectivity index (χ2n) is 5.87. The van der Waals surface area contributed by atoms with E-state index in [-0.39, 0.29) is 5.56 Å². The summed E-state index contributed by atoms with van der Waals surface area (Å²) in [5.74, 6) is -0.412. The molecule has 0 atom stereocenters. The fourth-order valence-electron chi connectivity index (χ4n) is 1.89. The average Bonchev–Trinajstić information content (AvgIpc) is 2.45. The zero-order valence-corrected chi connectivity index (χ0v) is 12.9. The third kappa shape index (κ3) is 4.45. The van der Waals surface area contributed by atoms with E-state index < -0.39 is 11.6 Å². The molecule has 0 saturated heterocycles. The Kier molecular flexibility index (Phi) is 4.61. The molecule has 114 valence electrons. The maximum atomic E-state index is 11.9. The van der Waals surface area contributed by atoms with Gasteiger partial charge in [0.15, 0.2) is 0 Å². The van der Waals surface area contributed by atoms with E-state index in [1.807, 2.05) is 51.1 Å². The highest BCUT2D eigenvalue weighted by Gasteiger charge is 2.13. The molecule has 0 radical (unpaired) electrons. The minimum Gasteiger partial charge on any atom is -0.457 e. The van der Waals surface area contributed by atoms with E-state index in [0.717, 1.165) is 11.3 Å². The number of hydrogen-bond acceptors (Lipinski definition) is 3. The van der Waals surface area contributed by atoms with Gasteiger partial charge in [0.1, 0.15) is 5.60 Å². The largest absolute Gasteiger partial charge is 0.457 e. The van der Waals surface area contributed by atoms with Gasteiger partial charge in [0, 0.05) is 24.0 Å². The molecule has 1 aromatic heterocycles. The van der Waals surface area contributed by atoms with Crippen molar-refractivity contribution in [2.45, 2.75) is 26.4 Å². The van der Waals surface area contributed by atoms with Crippen molar-refractivity contribution >= 4 is 12.0 Å². The molecule has 4 nitrogen and oxygen atoms in total. The average molecular weight is 297 g/mol. The number of ether oxygens (including phenoxy) is 1. The first-order chi connectivity index (χ1) is 10.3. The van der Waals surface area contributed by atoms with Crippen LogP contribution in [0.25, 0.3) is 11.8 Å². The monoisotopic (exact) mass is 297 g/mol. The van der Waals surface area contributed by atoms with Crippen molar-refractivity contribution in [3.63, 3.8) is 0 Å². The van der Waals surface area contributed by atoms with Gasteiger partial charge in [-0.1, -0.05) is 18.2 Å². The Bertz CT molecular complexity index is 737. The van der Waals surface area contributed by atoms with Crippen LogP contribution < -0.4 is 5.56 Å². The van der Waals surface area contributed by atoms with Gasteiger partial charge in [-0.3, -0.25) is 9.36 Å². The smallest absolute Gasteiger partial charge is 0.331 e. The van der Waals surface area contributed by atoms with Crippen LogP contribution in [0, 0.1) is 0 Å². The quantitative estimate of drug-likeness (QED) is 0.645. The fraction of sp³-hybridized carbons (Fsp3) is 0.222. The van der Waals surface area contributed by atoms with Crippen LogP contribution >= 0.6 is 0 Å². The number of carbonyl (C=O) groups excluding carboxylic acids is 1. The summed E-state index contributed by atoms with van der Waals surface area (Å²) < 4.78 is 6.74. The summed E-state index contributed by atoms with van der Waals surface area (Å²) in [6.45, 7) is 5.44. The molecule has 4 heteroatoms. The number of pyridine rings is 1. The molecule has 0 spiro atoms. The molecule has 2 aromatic rings. The molecule has 0 aliphatic heterocycles. The van der Waals surface area contributed by atoms with E-state index in [0.29, 0.717) is 0 Å². The van der Waals surface area contributed by atoms with Crippen molar-refractivity contribution in [2.75, 3.05) is 0 Å². The number of carbonyl (C=O) groups is 1. The van der Waals surface area contributed by atoms with E-state index in [1.165, 1.54) is 16.7 Å². The zero-order chi connectivity index (χ0) is 16.2. The number of para-hydroxylation sites is 1. The first-order valence-corrected chi connectivity index (χ1v) is 7.04. The molecule has 0 aliphatic carbocycles. The summed E-state index contributed by atoms with van der Waals surface area (Å²) >= 11 is 0. The number of benzene rings is 1. The van der Waals surface area contributed by atoms with E-state index >= 15 is 0 Å². The molecule has 0 unspecified atom stereocenters. The predicted molar refractivity (Wildman–Crippen MR) is 86.9 cm³/mol. The summed E-state index contributed by atoms with van der Waals surface area (Å²) in [5, 5.41) is 0. The third-order valence-electron chi connectivity index (χ3n) is 2.79. The van der Waals surface area contributed by atoms with Gasteiger partial charge in [-0.2, -0.15) is 0 Å². The van der Waals surface area contributed by atoms with E-state index in [1.54, 1.807) is 18.3 Å². The summed E-state index contributed by atoms with van der Waals surface area (Å²) in [6.07, 6.45) is 4.69. The van der Waals surface area contributed by atoms with Crippen LogP contribution in [-0.2, 0) is 9.53 Å². The molecule has 0 N–H and O–H groups in total. The minimum absolute atomic E-state index is 0.124. The molecule has 0 saturated carbocycles. The normalized spacial score (nSPS) is 11.6. The molecule has 0 fully saturated rings. The summed E-state index contributed by atoms with van der Waals surface area (Å²) in [6, 6.07) is 12.5. The minimum atomic E-state index is -0.524. The van der Waals surface area contributed by atoms with Crippen molar-refractivity contribution in [3.8, 4) is 5.69 Å². The molecule has 2 rings (SSSR count). The Labute approximate surface area is 129 Å². The third-order valence-corrected chi connectivity index (χ3v) is 2.79. The molecule has 1 aromatic carbocycles. The van der Waals surface area contributed by atoms with Gasteiger partial charge in [0.05, 0.1) is 0 Å². The number of hydrogen-bond donors (Lipinski definition) is 0. The molecular formula is C18H19NO3. The lowest BCUT2D eigenvalue weighted by Gasteiger charge is -2.17. The van der Waals surface area contributed by atoms with Crippen LogP contribution in [0.4, 0.5) is 0 Å². The molecule has 0 amide bonds. The predicted octanol–water partition coefficient (Wildman–Crippen LogP) is 3.19. The van der Waals surface area contributed by atoms with Crippen LogP contribution in [0.2, 0.25) is 0 Å². The first-order valence-electron chi connectivity index (χ1n) is 7.04. The summed E-state index contributed by atoms with van der Waals surface area (Å²) in [5.41, 5.74) is 0.875. The van der Waals surface area contributed by atoms with Gasteiger partial charge in [-0.05, 0) is 50.6 Å². The maximum Gasteiger partial charge on any atom is 0.331 e. The highest BCUT2D eigenvalue weighted by atomic mass is 16.6. The first kappa shape index (κ1) is 15.8. The van der Waals surface area contributed by atoms with Crippen molar-refractivity contribution in [2.24, 2.45) is 0 Å². The van der Waals surface area contributed by atoms with Crippen LogP contribution in [0.5, 0.6) is 0 Å². The van der Waals surface area contributed by atoms with Gasteiger partial charge in [-0.15, -0.1) is 0 Å². The van der Waals surface area contributed by atoms with E-state index in [9.17, 15) is 9.59 Å². The number of esters is 1. The Morgan fingerprint density at radius 3 is 2.41 bits per heavy atom. The molecular weight excluding hydrogens is 278 g/mol. The molecule has 0 aliphatic rings. The van der Waals surface area contributed by atoms with Gasteiger partial charge < -0.3 is 4.74 Å². The summed E-state index contributed by atoms with van der Waals surface area (Å²) in [7, 11) is 0. The van der Waals surface area contributed by atoms with Gasteiger partial charge in [-0.25, -0.2) is 4.79 Å². The standard InChI is InChI=1S/C18H19NO3/c1-18(2,3)22-17(21)12-10-14-9-11-16(20)19(13-14)15-7-5-4-6-8-15/h4-13H,1-3H3/b12-10+. The Hall–Kier alpha value is -2.62. The van der Waals surface area contributed by atoms with Crippen LogP contribution in [-0.4, -0.2) is 16.1 Å². The Morgan fingerprint density at radius 2 is 1.77 bits per heavy atom. The lowest BCUT2D eigenvalue weighted by Crippen LogP contribution is -2.22. The van der Waals surface area contributed by atoms with Gasteiger partial charge >= 0.3 is 5.97 Å². The van der Waals surface area contributed by atoms with Crippen molar-refractivity contribution < 1.29 is 9.53 Å². The van der Waals surface area contributed by atoms with Gasteiger partial charge in [0.25, 0.3) is 5.56 Å². The van der Waals surface area contributed by atoms with Gasteiger partial charge in [0.2, 0.25) is 0 Å². The highest BCUT2D eigenvalue weighted by Crippen LogP contribution is 2.09. The van der Waals surface area contributed by atoms with Crippen molar-refractivity contribution in [1.29, 1.82) is 0 Å². The Morgan fingerprint density at radius 1 is 1.09 bits per heavy atom. The van der Waals surface area contributed by atoms with Crippen molar-refractivity contribution in [1.82, 2.24) is 4.57 Å². The topological polar surface area (TPSA) is 48.3 Å².